The van der Waals surface area contributed by atoms with E-state index in [1.807, 2.05) is 20.8 Å². The predicted molar refractivity (Wildman–Crippen MR) is 131 cm³/mol. The molecule has 0 amide bonds. The topological polar surface area (TPSA) is 54.0 Å². The van der Waals surface area contributed by atoms with Crippen molar-refractivity contribution in [2.24, 2.45) is 17.3 Å². The Morgan fingerprint density at radius 3 is 2.26 bits per heavy atom. The van der Waals surface area contributed by atoms with Gasteiger partial charge in [-0.3, -0.25) is 4.79 Å². The molecule has 1 spiro atoms. The standard InChI is InChI=1S/C29H44O5/c1-26(2,3)33-23-9-8-22-24-20(10-12-28(22,23)7)19-11-13-29(31-14-15-32-29)17-18(19)16-21(24)25(30)34-27(4,5)6/h21-23H,8-17H2,1-7H3/t21-,22+,23+,28+/m1/s1. The fourth-order valence-corrected chi connectivity index (χ4v) is 7.45. The van der Waals surface area contributed by atoms with Crippen LogP contribution in [0, 0.1) is 17.3 Å². The molecular weight excluding hydrogens is 428 g/mol. The number of hydrogen-bond acceptors (Lipinski definition) is 5. The molecule has 5 aliphatic rings. The molecule has 5 nitrogen and oxygen atoms in total. The van der Waals surface area contributed by atoms with Crippen molar-refractivity contribution in [2.45, 2.75) is 123 Å². The maximum atomic E-state index is 13.7. The Morgan fingerprint density at radius 1 is 0.941 bits per heavy atom. The van der Waals surface area contributed by atoms with Gasteiger partial charge in [-0.2, -0.15) is 0 Å². The quantitative estimate of drug-likeness (QED) is 0.444. The third-order valence-electron chi connectivity index (χ3n) is 8.74. The first-order valence-corrected chi connectivity index (χ1v) is 13.4. The Labute approximate surface area is 205 Å². The SMILES string of the molecule is CC(C)(C)OC(=O)[C@@H]1CC2=C(CCC3(C2)OCCO3)C2=C1[C@@H]1CC[C@H](OC(C)(C)C)[C@@]1(C)CC2. The van der Waals surface area contributed by atoms with E-state index < -0.39 is 11.4 Å². The fourth-order valence-electron chi connectivity index (χ4n) is 7.45. The van der Waals surface area contributed by atoms with Crippen LogP contribution in [0.4, 0.5) is 0 Å². The van der Waals surface area contributed by atoms with Crippen molar-refractivity contribution in [3.8, 4) is 0 Å². The summed E-state index contributed by atoms with van der Waals surface area (Å²) in [5.74, 6) is -0.367. The molecule has 190 valence electrons. The van der Waals surface area contributed by atoms with Crippen LogP contribution in [0.5, 0.6) is 0 Å². The van der Waals surface area contributed by atoms with Crippen LogP contribution in [0.2, 0.25) is 0 Å². The lowest BCUT2D eigenvalue weighted by molar-refractivity contribution is -0.166. The lowest BCUT2D eigenvalue weighted by atomic mass is 9.58. The molecule has 0 N–H and O–H groups in total. The molecule has 4 aliphatic carbocycles. The van der Waals surface area contributed by atoms with Crippen LogP contribution < -0.4 is 0 Å². The van der Waals surface area contributed by atoms with E-state index in [0.717, 1.165) is 51.4 Å². The number of carbonyl (C=O) groups is 1. The van der Waals surface area contributed by atoms with Crippen molar-refractivity contribution in [2.75, 3.05) is 13.2 Å². The third kappa shape index (κ3) is 4.30. The van der Waals surface area contributed by atoms with E-state index in [1.165, 1.54) is 22.3 Å². The first-order valence-electron chi connectivity index (χ1n) is 13.4. The smallest absolute Gasteiger partial charge is 0.313 e. The van der Waals surface area contributed by atoms with Crippen LogP contribution in [0.15, 0.2) is 22.3 Å². The molecule has 1 aliphatic heterocycles. The second kappa shape index (κ2) is 8.18. The van der Waals surface area contributed by atoms with Gasteiger partial charge in [-0.25, -0.2) is 0 Å². The normalized spacial score (nSPS) is 35.3. The van der Waals surface area contributed by atoms with Gasteiger partial charge >= 0.3 is 5.97 Å². The summed E-state index contributed by atoms with van der Waals surface area (Å²) in [5.41, 5.74) is 5.12. The molecule has 4 atom stereocenters. The monoisotopic (exact) mass is 472 g/mol. The molecule has 0 aromatic heterocycles. The molecule has 5 heteroatoms. The fraction of sp³-hybridized carbons (Fsp3) is 0.828. The summed E-state index contributed by atoms with van der Waals surface area (Å²) >= 11 is 0. The molecule has 0 aromatic rings. The Hall–Kier alpha value is -1.17. The zero-order valence-corrected chi connectivity index (χ0v) is 22.3. The number of allylic oxidation sites excluding steroid dienone is 2. The first kappa shape index (κ1) is 24.5. The van der Waals surface area contributed by atoms with E-state index in [2.05, 4.69) is 27.7 Å². The minimum absolute atomic E-state index is 0.0659. The van der Waals surface area contributed by atoms with Gasteiger partial charge in [0.1, 0.15) is 5.60 Å². The van der Waals surface area contributed by atoms with Crippen molar-refractivity contribution < 1.29 is 23.7 Å². The summed E-state index contributed by atoms with van der Waals surface area (Å²) in [6.45, 7) is 16.1. The zero-order valence-electron chi connectivity index (χ0n) is 22.3. The van der Waals surface area contributed by atoms with Gasteiger partial charge in [0.25, 0.3) is 0 Å². The van der Waals surface area contributed by atoms with Crippen molar-refractivity contribution in [1.82, 2.24) is 0 Å². The molecule has 34 heavy (non-hydrogen) atoms. The van der Waals surface area contributed by atoms with Gasteiger partial charge in [-0.1, -0.05) is 12.5 Å². The summed E-state index contributed by atoms with van der Waals surface area (Å²) in [7, 11) is 0. The van der Waals surface area contributed by atoms with Crippen LogP contribution in [0.25, 0.3) is 0 Å². The van der Waals surface area contributed by atoms with Gasteiger partial charge in [0, 0.05) is 18.3 Å². The molecule has 5 rings (SSSR count). The zero-order chi connectivity index (χ0) is 24.5. The molecule has 0 unspecified atom stereocenters. The number of fused-ring (bicyclic) bond motifs is 3. The van der Waals surface area contributed by atoms with Gasteiger partial charge < -0.3 is 18.9 Å². The largest absolute Gasteiger partial charge is 0.459 e. The lowest BCUT2D eigenvalue weighted by Gasteiger charge is -2.49. The molecule has 0 bridgehead atoms. The van der Waals surface area contributed by atoms with Gasteiger partial charge in [0.2, 0.25) is 0 Å². The molecular formula is C29H44O5. The van der Waals surface area contributed by atoms with E-state index in [-0.39, 0.29) is 29.0 Å². The molecule has 1 saturated heterocycles. The van der Waals surface area contributed by atoms with Gasteiger partial charge in [-0.15, -0.1) is 0 Å². The highest BCUT2D eigenvalue weighted by atomic mass is 16.7. The Bertz CT molecular complexity index is 908. The Kier molecular flexibility index (Phi) is 5.90. The second-order valence-corrected chi connectivity index (χ2v) is 13.4. The number of rotatable bonds is 2. The average molecular weight is 473 g/mol. The first-order chi connectivity index (χ1) is 15.8. The summed E-state index contributed by atoms with van der Waals surface area (Å²) in [5, 5.41) is 0. The number of carbonyl (C=O) groups excluding carboxylic acids is 1. The van der Waals surface area contributed by atoms with Crippen molar-refractivity contribution >= 4 is 5.97 Å². The van der Waals surface area contributed by atoms with Crippen molar-refractivity contribution in [3.05, 3.63) is 22.3 Å². The maximum Gasteiger partial charge on any atom is 0.313 e. The Morgan fingerprint density at radius 2 is 1.62 bits per heavy atom. The van der Waals surface area contributed by atoms with Crippen LogP contribution in [0.3, 0.4) is 0 Å². The number of ether oxygens (including phenoxy) is 4. The van der Waals surface area contributed by atoms with E-state index >= 15 is 0 Å². The van der Waals surface area contributed by atoms with Crippen LogP contribution in [-0.4, -0.2) is 42.3 Å². The maximum absolute atomic E-state index is 13.7. The number of hydrogen-bond donors (Lipinski definition) is 0. The molecule has 0 radical (unpaired) electrons. The van der Waals surface area contributed by atoms with Crippen LogP contribution >= 0.6 is 0 Å². The third-order valence-corrected chi connectivity index (χ3v) is 8.74. The summed E-state index contributed by atoms with van der Waals surface area (Å²) in [6, 6.07) is 0. The molecule has 1 heterocycles. The van der Waals surface area contributed by atoms with Gasteiger partial charge in [-0.05, 0) is 103 Å². The molecule has 2 fully saturated rings. The summed E-state index contributed by atoms with van der Waals surface area (Å²) in [4.78, 5) is 13.7. The van der Waals surface area contributed by atoms with Gasteiger partial charge in [0.15, 0.2) is 5.79 Å². The van der Waals surface area contributed by atoms with E-state index in [0.29, 0.717) is 19.1 Å². The average Bonchev–Trinajstić information content (AvgIpc) is 3.29. The number of esters is 1. The highest BCUT2D eigenvalue weighted by molar-refractivity contribution is 5.79. The second-order valence-electron chi connectivity index (χ2n) is 13.4. The minimum atomic E-state index is -0.497. The highest BCUT2D eigenvalue weighted by Crippen LogP contribution is 2.61. The summed E-state index contributed by atoms with van der Waals surface area (Å²) < 4.78 is 24.8. The van der Waals surface area contributed by atoms with Gasteiger partial charge in [0.05, 0.1) is 30.8 Å². The van der Waals surface area contributed by atoms with Crippen LogP contribution in [0.1, 0.15) is 99.8 Å². The van der Waals surface area contributed by atoms with E-state index in [4.69, 9.17) is 18.9 Å². The van der Waals surface area contributed by atoms with E-state index in [9.17, 15) is 4.79 Å². The molecule has 1 saturated carbocycles. The predicted octanol–water partition coefficient (Wildman–Crippen LogP) is 6.26. The highest BCUT2D eigenvalue weighted by Gasteiger charge is 2.56. The van der Waals surface area contributed by atoms with Crippen molar-refractivity contribution in [3.63, 3.8) is 0 Å². The van der Waals surface area contributed by atoms with Crippen LogP contribution in [-0.2, 0) is 23.7 Å². The van der Waals surface area contributed by atoms with E-state index in [1.54, 1.807) is 0 Å². The minimum Gasteiger partial charge on any atom is -0.459 e. The van der Waals surface area contributed by atoms with Crippen molar-refractivity contribution in [1.29, 1.82) is 0 Å². The summed E-state index contributed by atoms with van der Waals surface area (Å²) in [6.07, 6.45) is 7.97. The lowest BCUT2D eigenvalue weighted by Crippen LogP contribution is -2.45. The Balaban J connectivity index is 1.53. The molecule has 0 aromatic carbocycles.